The third kappa shape index (κ3) is 2.56. The van der Waals surface area contributed by atoms with Crippen molar-refractivity contribution in [3.63, 3.8) is 0 Å². The van der Waals surface area contributed by atoms with Crippen LogP contribution >= 0.6 is 0 Å². The summed E-state index contributed by atoms with van der Waals surface area (Å²) in [5.74, 6) is 0. The molecule has 2 atom stereocenters. The molecule has 1 N–H and O–H groups in total. The lowest BCUT2D eigenvalue weighted by Gasteiger charge is -2.38. The highest BCUT2D eigenvalue weighted by atomic mass is 32.2. The lowest BCUT2D eigenvalue weighted by molar-refractivity contribution is 0.0513. The first-order valence-corrected chi connectivity index (χ1v) is 7.70. The SMILES string of the molecule is CS(=O)(=O)N1CCN([C@@H]2CCC[C@H]2O)CC1. The van der Waals surface area contributed by atoms with Crippen molar-refractivity contribution in [1.29, 1.82) is 0 Å². The molecule has 5 nitrogen and oxygen atoms in total. The number of rotatable bonds is 2. The predicted octanol–water partition coefficient (Wildman–Crippen LogP) is -0.523. The van der Waals surface area contributed by atoms with E-state index in [4.69, 9.17) is 0 Å². The molecular weight excluding hydrogens is 228 g/mol. The topological polar surface area (TPSA) is 60.9 Å². The molecule has 2 aliphatic rings. The van der Waals surface area contributed by atoms with E-state index in [1.165, 1.54) is 10.6 Å². The van der Waals surface area contributed by atoms with Gasteiger partial charge < -0.3 is 5.11 Å². The van der Waals surface area contributed by atoms with Gasteiger partial charge in [0.05, 0.1) is 12.4 Å². The zero-order valence-corrected chi connectivity index (χ0v) is 10.5. The van der Waals surface area contributed by atoms with Crippen molar-refractivity contribution in [2.45, 2.75) is 31.4 Å². The van der Waals surface area contributed by atoms with Gasteiger partial charge in [-0.15, -0.1) is 0 Å². The summed E-state index contributed by atoms with van der Waals surface area (Å²) >= 11 is 0. The Hall–Kier alpha value is -0.170. The van der Waals surface area contributed by atoms with Crippen molar-refractivity contribution in [3.8, 4) is 0 Å². The van der Waals surface area contributed by atoms with Crippen molar-refractivity contribution in [3.05, 3.63) is 0 Å². The van der Waals surface area contributed by atoms with Crippen LogP contribution in [0.4, 0.5) is 0 Å². The van der Waals surface area contributed by atoms with Crippen LogP contribution in [-0.2, 0) is 10.0 Å². The molecule has 0 aromatic rings. The molecule has 0 spiro atoms. The molecule has 1 heterocycles. The molecule has 0 unspecified atom stereocenters. The van der Waals surface area contributed by atoms with Gasteiger partial charge in [0.15, 0.2) is 0 Å². The van der Waals surface area contributed by atoms with Crippen LogP contribution in [0.5, 0.6) is 0 Å². The number of sulfonamides is 1. The van der Waals surface area contributed by atoms with Gasteiger partial charge in [-0.25, -0.2) is 8.42 Å². The Morgan fingerprint density at radius 1 is 1.12 bits per heavy atom. The van der Waals surface area contributed by atoms with E-state index in [-0.39, 0.29) is 12.1 Å². The monoisotopic (exact) mass is 248 g/mol. The lowest BCUT2D eigenvalue weighted by atomic mass is 10.1. The van der Waals surface area contributed by atoms with Crippen LogP contribution in [-0.4, -0.2) is 67.3 Å². The van der Waals surface area contributed by atoms with E-state index in [0.717, 1.165) is 32.4 Å². The van der Waals surface area contributed by atoms with Crippen molar-refractivity contribution < 1.29 is 13.5 Å². The molecule has 94 valence electrons. The molecule has 6 heteroatoms. The smallest absolute Gasteiger partial charge is 0.211 e. The number of hydrogen-bond donors (Lipinski definition) is 1. The van der Waals surface area contributed by atoms with Crippen LogP contribution < -0.4 is 0 Å². The Kier molecular flexibility index (Phi) is 3.53. The molecule has 0 aromatic heterocycles. The molecule has 1 saturated carbocycles. The van der Waals surface area contributed by atoms with Gasteiger partial charge in [0.1, 0.15) is 0 Å². The van der Waals surface area contributed by atoms with Crippen LogP contribution in [0, 0.1) is 0 Å². The maximum absolute atomic E-state index is 11.3. The first kappa shape index (κ1) is 12.3. The summed E-state index contributed by atoms with van der Waals surface area (Å²) in [7, 11) is -3.04. The highest BCUT2D eigenvalue weighted by Crippen LogP contribution is 2.25. The van der Waals surface area contributed by atoms with Crippen LogP contribution in [0.15, 0.2) is 0 Å². The second kappa shape index (κ2) is 4.60. The first-order valence-electron chi connectivity index (χ1n) is 5.86. The molecule has 1 saturated heterocycles. The highest BCUT2D eigenvalue weighted by molar-refractivity contribution is 7.88. The van der Waals surface area contributed by atoms with Gasteiger partial charge in [-0.05, 0) is 19.3 Å². The first-order chi connectivity index (χ1) is 7.48. The maximum atomic E-state index is 11.3. The molecule has 0 amide bonds. The third-order valence-corrected chi connectivity index (χ3v) is 4.96. The van der Waals surface area contributed by atoms with E-state index in [0.29, 0.717) is 13.1 Å². The number of aliphatic hydroxyl groups is 1. The second-order valence-electron chi connectivity index (χ2n) is 4.76. The van der Waals surface area contributed by atoms with Gasteiger partial charge in [0.25, 0.3) is 0 Å². The van der Waals surface area contributed by atoms with Gasteiger partial charge in [0.2, 0.25) is 10.0 Å². The fraction of sp³-hybridized carbons (Fsp3) is 1.00. The quantitative estimate of drug-likeness (QED) is 0.714. The van der Waals surface area contributed by atoms with E-state index in [2.05, 4.69) is 4.90 Å². The minimum atomic E-state index is -3.04. The van der Waals surface area contributed by atoms with Gasteiger partial charge in [-0.3, -0.25) is 4.90 Å². The van der Waals surface area contributed by atoms with Crippen molar-refractivity contribution >= 4 is 10.0 Å². The Morgan fingerprint density at radius 3 is 2.19 bits per heavy atom. The Morgan fingerprint density at radius 2 is 1.75 bits per heavy atom. The van der Waals surface area contributed by atoms with Gasteiger partial charge >= 0.3 is 0 Å². The Labute approximate surface area is 97.1 Å². The van der Waals surface area contributed by atoms with Crippen molar-refractivity contribution in [2.24, 2.45) is 0 Å². The summed E-state index contributed by atoms with van der Waals surface area (Å²) < 4.78 is 24.2. The molecule has 1 aliphatic heterocycles. The van der Waals surface area contributed by atoms with E-state index in [9.17, 15) is 13.5 Å². The van der Waals surface area contributed by atoms with E-state index in [1.54, 1.807) is 0 Å². The van der Waals surface area contributed by atoms with Gasteiger partial charge in [0, 0.05) is 32.2 Å². The van der Waals surface area contributed by atoms with E-state index in [1.807, 2.05) is 0 Å². The summed E-state index contributed by atoms with van der Waals surface area (Å²) in [5, 5.41) is 9.79. The minimum Gasteiger partial charge on any atom is -0.391 e. The molecule has 0 bridgehead atoms. The summed E-state index contributed by atoms with van der Waals surface area (Å²) in [5.41, 5.74) is 0. The molecule has 0 aromatic carbocycles. The maximum Gasteiger partial charge on any atom is 0.211 e. The summed E-state index contributed by atoms with van der Waals surface area (Å²) in [4.78, 5) is 2.24. The van der Waals surface area contributed by atoms with Crippen LogP contribution in [0.25, 0.3) is 0 Å². The molecule has 2 fully saturated rings. The largest absolute Gasteiger partial charge is 0.391 e. The number of piperazine rings is 1. The summed E-state index contributed by atoms with van der Waals surface area (Å²) in [6, 6.07) is 0.252. The molecule has 2 rings (SSSR count). The van der Waals surface area contributed by atoms with E-state index < -0.39 is 10.0 Å². The zero-order chi connectivity index (χ0) is 11.8. The molecular formula is C10H20N2O3S. The van der Waals surface area contributed by atoms with Crippen molar-refractivity contribution in [1.82, 2.24) is 9.21 Å². The minimum absolute atomic E-state index is 0.218. The van der Waals surface area contributed by atoms with Crippen LogP contribution in [0.2, 0.25) is 0 Å². The highest BCUT2D eigenvalue weighted by Gasteiger charge is 2.33. The predicted molar refractivity (Wildman–Crippen MR) is 61.6 cm³/mol. The summed E-state index contributed by atoms with van der Waals surface area (Å²) in [6.45, 7) is 2.60. The van der Waals surface area contributed by atoms with Gasteiger partial charge in [-0.2, -0.15) is 4.31 Å². The van der Waals surface area contributed by atoms with E-state index >= 15 is 0 Å². The number of nitrogens with zero attached hydrogens (tertiary/aromatic N) is 2. The summed E-state index contributed by atoms with van der Waals surface area (Å²) in [6.07, 6.45) is 4.05. The van der Waals surface area contributed by atoms with Crippen molar-refractivity contribution in [2.75, 3.05) is 32.4 Å². The average Bonchev–Trinajstić information content (AvgIpc) is 2.63. The average molecular weight is 248 g/mol. The number of hydrogen-bond acceptors (Lipinski definition) is 4. The van der Waals surface area contributed by atoms with Crippen LogP contribution in [0.1, 0.15) is 19.3 Å². The zero-order valence-electron chi connectivity index (χ0n) is 9.67. The number of aliphatic hydroxyl groups excluding tert-OH is 1. The van der Waals surface area contributed by atoms with Gasteiger partial charge in [-0.1, -0.05) is 0 Å². The Bertz CT molecular complexity index is 336. The standard InChI is InChI=1S/C10H20N2O3S/c1-16(14,15)12-7-5-11(6-8-12)9-3-2-4-10(9)13/h9-10,13H,2-8H2,1H3/t9-,10-/m1/s1. The third-order valence-electron chi connectivity index (χ3n) is 3.66. The Balaban J connectivity index is 1.90. The lowest BCUT2D eigenvalue weighted by Crippen LogP contribution is -2.53. The molecule has 16 heavy (non-hydrogen) atoms. The normalized spacial score (nSPS) is 34.4. The molecule has 0 radical (unpaired) electrons. The van der Waals surface area contributed by atoms with Crippen LogP contribution in [0.3, 0.4) is 0 Å². The fourth-order valence-corrected chi connectivity index (χ4v) is 3.54. The molecule has 1 aliphatic carbocycles. The second-order valence-corrected chi connectivity index (χ2v) is 6.75. The fourth-order valence-electron chi connectivity index (χ4n) is 2.71.